The standard InChI is InChI=1S/C12H18ClN3O2/c1-4-14-11-5-9(10(13)7-15-11)12(17)16-6-8(2)18-3/h5,7-8H,4,6H2,1-3H3,(H,14,15)(H,16,17). The molecule has 0 aliphatic rings. The maximum Gasteiger partial charge on any atom is 0.253 e. The van der Waals surface area contributed by atoms with Crippen LogP contribution < -0.4 is 10.6 Å². The first-order chi connectivity index (χ1) is 8.58. The lowest BCUT2D eigenvalue weighted by molar-refractivity contribution is 0.0870. The first-order valence-corrected chi connectivity index (χ1v) is 6.16. The van der Waals surface area contributed by atoms with E-state index in [0.717, 1.165) is 6.54 Å². The number of carbonyl (C=O) groups is 1. The van der Waals surface area contributed by atoms with Crippen LogP contribution in [0.4, 0.5) is 5.82 Å². The highest BCUT2D eigenvalue weighted by molar-refractivity contribution is 6.33. The summed E-state index contributed by atoms with van der Waals surface area (Å²) in [5, 5.41) is 6.12. The van der Waals surface area contributed by atoms with Crippen molar-refractivity contribution in [2.45, 2.75) is 20.0 Å². The highest BCUT2D eigenvalue weighted by Crippen LogP contribution is 2.17. The van der Waals surface area contributed by atoms with Crippen molar-refractivity contribution in [3.8, 4) is 0 Å². The minimum absolute atomic E-state index is 0.0391. The summed E-state index contributed by atoms with van der Waals surface area (Å²) >= 11 is 5.96. The van der Waals surface area contributed by atoms with Crippen LogP contribution in [0.1, 0.15) is 24.2 Å². The van der Waals surface area contributed by atoms with E-state index in [4.69, 9.17) is 16.3 Å². The van der Waals surface area contributed by atoms with Crippen molar-refractivity contribution in [1.29, 1.82) is 0 Å². The Balaban J connectivity index is 2.74. The molecule has 1 aromatic heterocycles. The summed E-state index contributed by atoms with van der Waals surface area (Å²) < 4.78 is 5.06. The fourth-order valence-electron chi connectivity index (χ4n) is 1.31. The lowest BCUT2D eigenvalue weighted by Crippen LogP contribution is -2.31. The Labute approximate surface area is 112 Å². The molecule has 18 heavy (non-hydrogen) atoms. The monoisotopic (exact) mass is 271 g/mol. The van der Waals surface area contributed by atoms with Gasteiger partial charge >= 0.3 is 0 Å². The van der Waals surface area contributed by atoms with Gasteiger partial charge in [0.25, 0.3) is 5.91 Å². The van der Waals surface area contributed by atoms with Crippen LogP contribution in [0.2, 0.25) is 5.02 Å². The number of hydrogen-bond donors (Lipinski definition) is 2. The van der Waals surface area contributed by atoms with Gasteiger partial charge < -0.3 is 15.4 Å². The van der Waals surface area contributed by atoms with Crippen molar-refractivity contribution in [2.75, 3.05) is 25.5 Å². The van der Waals surface area contributed by atoms with E-state index in [2.05, 4.69) is 15.6 Å². The normalized spacial score (nSPS) is 12.0. The third-order valence-corrected chi connectivity index (χ3v) is 2.71. The van der Waals surface area contributed by atoms with Crippen LogP contribution in [-0.2, 0) is 4.74 Å². The van der Waals surface area contributed by atoms with Crippen LogP contribution in [0.5, 0.6) is 0 Å². The number of pyridine rings is 1. The molecule has 0 fully saturated rings. The summed E-state index contributed by atoms with van der Waals surface area (Å²) in [6.07, 6.45) is 1.43. The molecule has 2 N–H and O–H groups in total. The lowest BCUT2D eigenvalue weighted by atomic mass is 10.2. The number of halogens is 1. The number of aromatic nitrogens is 1. The van der Waals surface area contributed by atoms with Gasteiger partial charge in [0.15, 0.2) is 0 Å². The molecule has 1 aromatic rings. The third kappa shape index (κ3) is 4.16. The third-order valence-electron chi connectivity index (χ3n) is 2.41. The number of anilines is 1. The van der Waals surface area contributed by atoms with Crippen molar-refractivity contribution in [2.24, 2.45) is 0 Å². The predicted molar refractivity (Wildman–Crippen MR) is 72.2 cm³/mol. The number of carbonyl (C=O) groups excluding carboxylic acids is 1. The summed E-state index contributed by atoms with van der Waals surface area (Å²) in [4.78, 5) is 16.0. The van der Waals surface area contributed by atoms with Crippen molar-refractivity contribution in [1.82, 2.24) is 10.3 Å². The van der Waals surface area contributed by atoms with E-state index in [1.807, 2.05) is 13.8 Å². The van der Waals surface area contributed by atoms with Crippen molar-refractivity contribution in [3.63, 3.8) is 0 Å². The van der Waals surface area contributed by atoms with Crippen LogP contribution in [0.25, 0.3) is 0 Å². The fraction of sp³-hybridized carbons (Fsp3) is 0.500. The van der Waals surface area contributed by atoms with Gasteiger partial charge in [-0.15, -0.1) is 0 Å². The molecule has 0 spiro atoms. The van der Waals surface area contributed by atoms with Crippen LogP contribution in [0.15, 0.2) is 12.3 Å². The van der Waals surface area contributed by atoms with Gasteiger partial charge in [-0.2, -0.15) is 0 Å². The molecule has 0 bridgehead atoms. The Morgan fingerprint density at radius 2 is 2.33 bits per heavy atom. The Morgan fingerprint density at radius 1 is 1.61 bits per heavy atom. The zero-order valence-corrected chi connectivity index (χ0v) is 11.5. The Kier molecular flexibility index (Phi) is 5.88. The quantitative estimate of drug-likeness (QED) is 0.830. The van der Waals surface area contributed by atoms with Gasteiger partial charge in [0, 0.05) is 26.4 Å². The Morgan fingerprint density at radius 3 is 2.94 bits per heavy atom. The van der Waals surface area contributed by atoms with E-state index in [1.165, 1.54) is 6.20 Å². The van der Waals surface area contributed by atoms with E-state index in [0.29, 0.717) is 22.9 Å². The molecule has 0 aliphatic carbocycles. The molecule has 0 saturated heterocycles. The van der Waals surface area contributed by atoms with Gasteiger partial charge in [-0.1, -0.05) is 11.6 Å². The molecule has 1 atom stereocenters. The largest absolute Gasteiger partial charge is 0.380 e. The van der Waals surface area contributed by atoms with E-state index >= 15 is 0 Å². The van der Waals surface area contributed by atoms with E-state index < -0.39 is 0 Å². The van der Waals surface area contributed by atoms with Crippen molar-refractivity contribution < 1.29 is 9.53 Å². The molecule has 1 heterocycles. The van der Waals surface area contributed by atoms with Crippen molar-refractivity contribution >= 4 is 23.3 Å². The summed E-state index contributed by atoms with van der Waals surface area (Å²) in [5.74, 6) is 0.400. The molecule has 0 aliphatic heterocycles. The summed E-state index contributed by atoms with van der Waals surface area (Å²) in [6, 6.07) is 1.64. The number of nitrogens with one attached hydrogen (secondary N) is 2. The SMILES string of the molecule is CCNc1cc(C(=O)NCC(C)OC)c(Cl)cn1. The first-order valence-electron chi connectivity index (χ1n) is 5.78. The summed E-state index contributed by atoms with van der Waals surface area (Å²) in [7, 11) is 1.60. The number of nitrogens with zero attached hydrogens (tertiary/aromatic N) is 1. The maximum atomic E-state index is 11.9. The van der Waals surface area contributed by atoms with E-state index in [1.54, 1.807) is 13.2 Å². The van der Waals surface area contributed by atoms with Crippen LogP contribution in [0, 0.1) is 0 Å². The summed E-state index contributed by atoms with van der Waals surface area (Å²) in [6.45, 7) is 5.00. The first kappa shape index (κ1) is 14.7. The zero-order valence-electron chi connectivity index (χ0n) is 10.8. The maximum absolute atomic E-state index is 11.9. The molecule has 1 amide bonds. The van der Waals surface area contributed by atoms with Gasteiger partial charge in [-0.25, -0.2) is 4.98 Å². The van der Waals surface area contributed by atoms with Crippen LogP contribution in [-0.4, -0.2) is 37.2 Å². The average Bonchev–Trinajstić information content (AvgIpc) is 2.38. The number of hydrogen-bond acceptors (Lipinski definition) is 4. The van der Waals surface area contributed by atoms with Gasteiger partial charge in [-0.3, -0.25) is 4.79 Å². The molecule has 1 rings (SSSR count). The zero-order chi connectivity index (χ0) is 13.5. The van der Waals surface area contributed by atoms with Gasteiger partial charge in [0.05, 0.1) is 16.7 Å². The van der Waals surface area contributed by atoms with Crippen LogP contribution in [0.3, 0.4) is 0 Å². The van der Waals surface area contributed by atoms with Gasteiger partial charge in [0.1, 0.15) is 5.82 Å². The van der Waals surface area contributed by atoms with Gasteiger partial charge in [0.2, 0.25) is 0 Å². The second kappa shape index (κ2) is 7.18. The fourth-order valence-corrected chi connectivity index (χ4v) is 1.49. The van der Waals surface area contributed by atoms with Crippen LogP contribution >= 0.6 is 11.6 Å². The Hall–Kier alpha value is -1.33. The minimum atomic E-state index is -0.231. The Bertz CT molecular complexity index is 412. The number of amides is 1. The highest BCUT2D eigenvalue weighted by atomic mass is 35.5. The number of rotatable bonds is 6. The highest BCUT2D eigenvalue weighted by Gasteiger charge is 2.12. The van der Waals surface area contributed by atoms with Crippen molar-refractivity contribution in [3.05, 3.63) is 22.8 Å². The summed E-state index contributed by atoms with van der Waals surface area (Å²) in [5.41, 5.74) is 0.408. The molecule has 0 saturated carbocycles. The molecule has 100 valence electrons. The molecular weight excluding hydrogens is 254 g/mol. The minimum Gasteiger partial charge on any atom is -0.380 e. The molecule has 0 aromatic carbocycles. The average molecular weight is 272 g/mol. The second-order valence-electron chi connectivity index (χ2n) is 3.84. The topological polar surface area (TPSA) is 63.2 Å². The molecular formula is C12H18ClN3O2. The number of ether oxygens (including phenoxy) is 1. The van der Waals surface area contributed by atoms with E-state index in [-0.39, 0.29) is 12.0 Å². The molecule has 6 heteroatoms. The smallest absolute Gasteiger partial charge is 0.253 e. The second-order valence-corrected chi connectivity index (χ2v) is 4.24. The molecule has 1 unspecified atom stereocenters. The number of methoxy groups -OCH3 is 1. The molecule has 0 radical (unpaired) electrons. The van der Waals surface area contributed by atoms with E-state index in [9.17, 15) is 4.79 Å². The molecule has 5 nitrogen and oxygen atoms in total. The van der Waals surface area contributed by atoms with Gasteiger partial charge in [-0.05, 0) is 19.9 Å². The lowest BCUT2D eigenvalue weighted by Gasteiger charge is -2.12. The predicted octanol–water partition coefficient (Wildman–Crippen LogP) is 1.93.